The summed E-state index contributed by atoms with van der Waals surface area (Å²) in [6.07, 6.45) is 7.51. The number of pyridine rings is 1. The topological polar surface area (TPSA) is 106 Å². The molecule has 4 rings (SSSR count). The van der Waals surface area contributed by atoms with E-state index in [2.05, 4.69) is 25.4 Å². The number of carbonyl (C=O) groups is 2. The maximum absolute atomic E-state index is 12.6. The average Bonchev–Trinajstić information content (AvgIpc) is 3.13. The zero-order valence-electron chi connectivity index (χ0n) is 16.1. The van der Waals surface area contributed by atoms with E-state index in [9.17, 15) is 9.59 Å². The lowest BCUT2D eigenvalue weighted by molar-refractivity contribution is -0.122. The third-order valence-electron chi connectivity index (χ3n) is 4.65. The maximum Gasteiger partial charge on any atom is 0.228 e. The van der Waals surface area contributed by atoms with Gasteiger partial charge in [0.2, 0.25) is 11.8 Å². The number of rotatable bonds is 5. The van der Waals surface area contributed by atoms with Crippen LogP contribution in [-0.2, 0) is 16.1 Å². The Kier molecular flexibility index (Phi) is 5.28. The molecular weight excluding hydrogens is 370 g/mol. The van der Waals surface area contributed by atoms with Crippen LogP contribution in [0.15, 0.2) is 43.0 Å². The van der Waals surface area contributed by atoms with Crippen molar-refractivity contribution in [2.24, 2.45) is 0 Å². The van der Waals surface area contributed by atoms with Gasteiger partial charge in [-0.1, -0.05) is 0 Å². The third kappa shape index (κ3) is 4.29. The van der Waals surface area contributed by atoms with Gasteiger partial charge in [-0.15, -0.1) is 0 Å². The Bertz CT molecular complexity index is 1020. The van der Waals surface area contributed by atoms with E-state index >= 15 is 0 Å². The molecule has 0 atom stereocenters. The van der Waals surface area contributed by atoms with Gasteiger partial charge in [-0.25, -0.2) is 9.67 Å². The highest BCUT2D eigenvalue weighted by atomic mass is 16.2. The normalized spacial score (nSPS) is 13.1. The molecule has 0 aliphatic carbocycles. The van der Waals surface area contributed by atoms with Crippen molar-refractivity contribution in [2.45, 2.75) is 32.7 Å². The van der Waals surface area contributed by atoms with Crippen LogP contribution in [0.5, 0.6) is 0 Å². The van der Waals surface area contributed by atoms with Gasteiger partial charge in [0, 0.05) is 50.0 Å². The summed E-state index contributed by atoms with van der Waals surface area (Å²) in [5.41, 5.74) is 2.40. The molecule has 0 unspecified atom stereocenters. The van der Waals surface area contributed by atoms with Gasteiger partial charge in [0.1, 0.15) is 5.82 Å². The second-order valence-electron chi connectivity index (χ2n) is 6.84. The van der Waals surface area contributed by atoms with Crippen molar-refractivity contribution in [3.8, 4) is 11.3 Å². The van der Waals surface area contributed by atoms with Crippen LogP contribution in [0.2, 0.25) is 0 Å². The second-order valence-corrected chi connectivity index (χ2v) is 6.84. The number of hydrogen-bond acceptors (Lipinski definition) is 6. The minimum atomic E-state index is -0.275. The summed E-state index contributed by atoms with van der Waals surface area (Å²) in [5, 5.41) is 7.07. The van der Waals surface area contributed by atoms with Gasteiger partial charge in [0.25, 0.3) is 0 Å². The fourth-order valence-electron chi connectivity index (χ4n) is 3.28. The van der Waals surface area contributed by atoms with Gasteiger partial charge in [-0.3, -0.25) is 24.5 Å². The highest BCUT2D eigenvalue weighted by Gasteiger charge is 2.24. The van der Waals surface area contributed by atoms with Crippen LogP contribution in [-0.4, -0.2) is 43.1 Å². The molecule has 0 spiro atoms. The Morgan fingerprint density at radius 1 is 1.14 bits per heavy atom. The molecule has 0 saturated carbocycles. The third-order valence-corrected chi connectivity index (χ3v) is 4.65. The summed E-state index contributed by atoms with van der Waals surface area (Å²) in [7, 11) is 0. The van der Waals surface area contributed by atoms with E-state index in [4.69, 9.17) is 0 Å². The summed E-state index contributed by atoms with van der Waals surface area (Å²) in [6, 6.07) is 5.60. The molecule has 3 aromatic rings. The van der Waals surface area contributed by atoms with Gasteiger partial charge in [-0.2, -0.15) is 5.10 Å². The minimum Gasteiger partial charge on any atom is -0.309 e. The van der Waals surface area contributed by atoms with Gasteiger partial charge < -0.3 is 5.32 Å². The number of nitrogens with zero attached hydrogens (tertiary/aromatic N) is 6. The first kappa shape index (κ1) is 18.7. The molecule has 9 heteroatoms. The summed E-state index contributed by atoms with van der Waals surface area (Å²) in [5.74, 6) is 0.792. The fraction of sp³-hybridized carbons (Fsp3) is 0.300. The van der Waals surface area contributed by atoms with Crippen LogP contribution in [0.25, 0.3) is 11.3 Å². The number of aromatic nitrogens is 5. The molecule has 0 radical (unpaired) electrons. The number of anilines is 2. The molecule has 4 heterocycles. The molecule has 0 bridgehead atoms. The zero-order chi connectivity index (χ0) is 20.2. The summed E-state index contributed by atoms with van der Waals surface area (Å²) < 4.78 is 1.84. The van der Waals surface area contributed by atoms with Crippen LogP contribution >= 0.6 is 0 Å². The number of hydrogen-bond donors (Lipinski definition) is 1. The lowest BCUT2D eigenvalue weighted by Crippen LogP contribution is -2.37. The van der Waals surface area contributed by atoms with Crippen LogP contribution in [0.4, 0.5) is 11.6 Å². The molecular formula is C20H21N7O2. The quantitative estimate of drug-likeness (QED) is 0.715. The van der Waals surface area contributed by atoms with Gasteiger partial charge >= 0.3 is 0 Å². The maximum atomic E-state index is 12.6. The molecule has 29 heavy (non-hydrogen) atoms. The van der Waals surface area contributed by atoms with Crippen LogP contribution in [0.3, 0.4) is 0 Å². The van der Waals surface area contributed by atoms with Crippen molar-refractivity contribution in [3.63, 3.8) is 0 Å². The van der Waals surface area contributed by atoms with Crippen molar-refractivity contribution in [1.29, 1.82) is 0 Å². The highest BCUT2D eigenvalue weighted by Crippen LogP contribution is 2.22. The predicted molar refractivity (Wildman–Crippen MR) is 107 cm³/mol. The lowest BCUT2D eigenvalue weighted by atomic mass is 10.2. The monoisotopic (exact) mass is 391 g/mol. The molecule has 1 aliphatic heterocycles. The number of nitrogens with one attached hydrogen (secondary N) is 1. The van der Waals surface area contributed by atoms with Crippen molar-refractivity contribution in [3.05, 3.63) is 48.7 Å². The molecule has 0 saturated heterocycles. The first-order valence-corrected chi connectivity index (χ1v) is 9.47. The minimum absolute atomic E-state index is 0.0779. The van der Waals surface area contributed by atoms with E-state index in [0.717, 1.165) is 30.0 Å². The molecule has 148 valence electrons. The van der Waals surface area contributed by atoms with Crippen LogP contribution < -0.4 is 10.2 Å². The Morgan fingerprint density at radius 3 is 2.79 bits per heavy atom. The summed E-state index contributed by atoms with van der Waals surface area (Å²) in [4.78, 5) is 39.1. The largest absolute Gasteiger partial charge is 0.309 e. The van der Waals surface area contributed by atoms with E-state index < -0.39 is 0 Å². The van der Waals surface area contributed by atoms with Crippen molar-refractivity contribution < 1.29 is 9.59 Å². The molecule has 0 aromatic carbocycles. The van der Waals surface area contributed by atoms with E-state index in [1.165, 1.54) is 6.20 Å². The van der Waals surface area contributed by atoms with Crippen LogP contribution in [0, 0.1) is 6.92 Å². The Hall–Kier alpha value is -3.62. The van der Waals surface area contributed by atoms with Crippen molar-refractivity contribution >= 4 is 23.5 Å². The first-order valence-electron chi connectivity index (χ1n) is 9.47. The first-order chi connectivity index (χ1) is 14.1. The number of aryl methyl sites for hydroxylation is 2. The van der Waals surface area contributed by atoms with E-state index in [1.807, 2.05) is 29.8 Å². The van der Waals surface area contributed by atoms with E-state index in [0.29, 0.717) is 18.1 Å². The van der Waals surface area contributed by atoms with Gasteiger partial charge in [0.05, 0.1) is 23.8 Å². The molecule has 1 N–H and O–H groups in total. The van der Waals surface area contributed by atoms with Gasteiger partial charge in [0.15, 0.2) is 5.82 Å². The molecule has 3 aromatic heterocycles. The Balaban J connectivity index is 1.32. The number of carbonyl (C=O) groups excluding carboxylic acids is 2. The summed E-state index contributed by atoms with van der Waals surface area (Å²) in [6.45, 7) is 3.36. The number of amides is 2. The van der Waals surface area contributed by atoms with Crippen LogP contribution in [0.1, 0.15) is 25.0 Å². The predicted octanol–water partition coefficient (Wildman–Crippen LogP) is 2.20. The fourth-order valence-corrected chi connectivity index (χ4v) is 3.28. The summed E-state index contributed by atoms with van der Waals surface area (Å²) >= 11 is 0. The van der Waals surface area contributed by atoms with Crippen molar-refractivity contribution in [1.82, 2.24) is 24.7 Å². The molecule has 9 nitrogen and oxygen atoms in total. The Morgan fingerprint density at radius 2 is 2.03 bits per heavy atom. The van der Waals surface area contributed by atoms with E-state index in [-0.39, 0.29) is 24.7 Å². The standard InChI is InChI=1S/C20H21N7O2/c1-14-10-19-26(8-3-9-27(19)25-14)20(29)6-5-18(28)24-17-13-22-16(12-23-17)15-4-2-7-21-11-15/h2,4,7,10-13H,3,5-6,8-9H2,1H3,(H,23,24,28). The average molecular weight is 391 g/mol. The molecule has 1 aliphatic rings. The molecule has 0 fully saturated rings. The molecule has 2 amide bonds. The smallest absolute Gasteiger partial charge is 0.228 e. The zero-order valence-corrected chi connectivity index (χ0v) is 16.1. The highest BCUT2D eigenvalue weighted by molar-refractivity contribution is 5.97. The number of fused-ring (bicyclic) bond motifs is 1. The van der Waals surface area contributed by atoms with Crippen molar-refractivity contribution in [2.75, 3.05) is 16.8 Å². The second kappa shape index (κ2) is 8.17. The Labute approximate surface area is 167 Å². The lowest BCUT2D eigenvalue weighted by Gasteiger charge is -2.27. The van der Waals surface area contributed by atoms with Gasteiger partial charge in [-0.05, 0) is 25.5 Å². The van der Waals surface area contributed by atoms with E-state index in [1.54, 1.807) is 23.5 Å². The SMILES string of the molecule is Cc1cc2n(n1)CCCN2C(=O)CCC(=O)Nc1cnc(-c2cccnc2)cn1.